The number of imidazole rings is 1. The lowest BCUT2D eigenvalue weighted by Crippen LogP contribution is -2.50. The Balaban J connectivity index is 1.69. The number of sulfonamides is 1. The Labute approximate surface area is 144 Å². The van der Waals surface area contributed by atoms with E-state index in [1.807, 2.05) is 6.92 Å². The molecule has 1 fully saturated rings. The Morgan fingerprint density at radius 3 is 2.38 bits per heavy atom. The summed E-state index contributed by atoms with van der Waals surface area (Å²) in [6, 6.07) is 0. The van der Waals surface area contributed by atoms with Gasteiger partial charge in [-0.2, -0.15) is 4.31 Å². The fraction of sp³-hybridized carbons (Fsp3) is 0.500. The maximum Gasteiger partial charge on any atom is 0.265 e. The van der Waals surface area contributed by atoms with Gasteiger partial charge in [-0.15, -0.1) is 11.3 Å². The quantitative estimate of drug-likeness (QED) is 0.792. The molecule has 0 atom stereocenters. The van der Waals surface area contributed by atoms with Crippen LogP contribution in [0.15, 0.2) is 17.4 Å². The van der Waals surface area contributed by atoms with Gasteiger partial charge in [-0.1, -0.05) is 0 Å². The van der Waals surface area contributed by atoms with Gasteiger partial charge in [-0.3, -0.25) is 4.79 Å². The Kier molecular flexibility index (Phi) is 4.45. The summed E-state index contributed by atoms with van der Waals surface area (Å²) in [4.78, 5) is 22.9. The molecule has 0 radical (unpaired) electrons. The molecule has 1 amide bonds. The summed E-state index contributed by atoms with van der Waals surface area (Å²) < 4.78 is 28.3. The average Bonchev–Trinajstić information content (AvgIpc) is 3.13. The minimum atomic E-state index is -3.62. The van der Waals surface area contributed by atoms with Gasteiger partial charge in [-0.05, 0) is 13.8 Å². The molecular weight excluding hydrogens is 350 g/mol. The van der Waals surface area contributed by atoms with E-state index in [2.05, 4.69) is 9.97 Å². The fourth-order valence-corrected chi connectivity index (χ4v) is 4.72. The SMILES string of the molecule is Cc1ncc(C(=O)N2CCN(S(=O)(=O)c3cn(C)c(C)n3)CC2)s1. The molecule has 130 valence electrons. The molecule has 0 N–H and O–H groups in total. The van der Waals surface area contributed by atoms with Crippen LogP contribution < -0.4 is 0 Å². The second kappa shape index (κ2) is 6.26. The van der Waals surface area contributed by atoms with Crippen LogP contribution in [0.4, 0.5) is 0 Å². The number of amides is 1. The Morgan fingerprint density at radius 2 is 1.88 bits per heavy atom. The third-order valence-electron chi connectivity index (χ3n) is 4.05. The number of nitrogens with zero attached hydrogens (tertiary/aromatic N) is 5. The molecule has 3 heterocycles. The molecular formula is C14H19N5O3S2. The Morgan fingerprint density at radius 1 is 1.21 bits per heavy atom. The van der Waals surface area contributed by atoms with Crippen molar-refractivity contribution in [3.05, 3.63) is 28.1 Å². The van der Waals surface area contributed by atoms with Crippen molar-refractivity contribution >= 4 is 27.3 Å². The van der Waals surface area contributed by atoms with E-state index in [1.165, 1.54) is 21.8 Å². The van der Waals surface area contributed by atoms with Crippen molar-refractivity contribution in [2.75, 3.05) is 26.2 Å². The maximum absolute atomic E-state index is 12.6. The smallest absolute Gasteiger partial charge is 0.265 e. The van der Waals surface area contributed by atoms with Crippen LogP contribution in [0.3, 0.4) is 0 Å². The number of thiazole rings is 1. The number of rotatable bonds is 3. The molecule has 8 nitrogen and oxygen atoms in total. The standard InChI is InChI=1S/C14H19N5O3S2/c1-10-16-13(9-17(10)3)24(21,22)19-6-4-18(5-7-19)14(20)12-8-15-11(2)23-12/h8-9H,4-7H2,1-3H3. The minimum Gasteiger partial charge on any atom is -0.337 e. The van der Waals surface area contributed by atoms with Gasteiger partial charge in [0.05, 0.1) is 11.2 Å². The maximum atomic E-state index is 12.6. The highest BCUT2D eigenvalue weighted by Crippen LogP contribution is 2.19. The highest BCUT2D eigenvalue weighted by Gasteiger charge is 2.32. The molecule has 0 saturated carbocycles. The van der Waals surface area contributed by atoms with Crippen LogP contribution in [0, 0.1) is 13.8 Å². The third kappa shape index (κ3) is 3.08. The molecule has 0 aliphatic carbocycles. The number of hydrogen-bond acceptors (Lipinski definition) is 6. The van der Waals surface area contributed by atoms with Crippen LogP contribution in [0.1, 0.15) is 20.5 Å². The van der Waals surface area contributed by atoms with Crippen molar-refractivity contribution in [3.63, 3.8) is 0 Å². The molecule has 10 heteroatoms. The van der Waals surface area contributed by atoms with Gasteiger partial charge >= 0.3 is 0 Å². The predicted octanol–water partition coefficient (Wildman–Crippen LogP) is 0.640. The van der Waals surface area contributed by atoms with Crippen molar-refractivity contribution < 1.29 is 13.2 Å². The van der Waals surface area contributed by atoms with Crippen LogP contribution >= 0.6 is 11.3 Å². The van der Waals surface area contributed by atoms with Gasteiger partial charge < -0.3 is 9.47 Å². The molecule has 0 bridgehead atoms. The number of carbonyl (C=O) groups is 1. The zero-order chi connectivity index (χ0) is 17.5. The van der Waals surface area contributed by atoms with E-state index in [1.54, 1.807) is 29.6 Å². The van der Waals surface area contributed by atoms with Gasteiger partial charge in [0, 0.05) is 39.4 Å². The van der Waals surface area contributed by atoms with Gasteiger partial charge in [0.15, 0.2) is 5.03 Å². The molecule has 2 aromatic rings. The van der Waals surface area contributed by atoms with Crippen molar-refractivity contribution in [1.82, 2.24) is 23.7 Å². The fourth-order valence-electron chi connectivity index (χ4n) is 2.53. The molecule has 0 spiro atoms. The summed E-state index contributed by atoms with van der Waals surface area (Å²) in [5.74, 6) is 0.550. The first kappa shape index (κ1) is 17.1. The summed E-state index contributed by atoms with van der Waals surface area (Å²) in [6.07, 6.45) is 3.09. The molecule has 3 rings (SSSR count). The zero-order valence-electron chi connectivity index (χ0n) is 13.8. The third-order valence-corrected chi connectivity index (χ3v) is 6.72. The van der Waals surface area contributed by atoms with Gasteiger partial charge in [0.2, 0.25) is 0 Å². The molecule has 1 aliphatic heterocycles. The molecule has 1 aliphatic rings. The summed E-state index contributed by atoms with van der Waals surface area (Å²) in [7, 11) is -1.86. The van der Waals surface area contributed by atoms with E-state index in [0.29, 0.717) is 23.8 Å². The first-order valence-electron chi connectivity index (χ1n) is 7.51. The normalized spacial score (nSPS) is 16.5. The average molecular weight is 369 g/mol. The Bertz CT molecular complexity index is 843. The van der Waals surface area contributed by atoms with Crippen molar-refractivity contribution in [3.8, 4) is 0 Å². The van der Waals surface area contributed by atoms with Crippen LogP contribution in [0.25, 0.3) is 0 Å². The van der Waals surface area contributed by atoms with Gasteiger partial charge in [0.25, 0.3) is 15.9 Å². The first-order chi connectivity index (χ1) is 11.3. The van der Waals surface area contributed by atoms with Crippen molar-refractivity contribution in [2.24, 2.45) is 7.05 Å². The highest BCUT2D eigenvalue weighted by molar-refractivity contribution is 7.89. The van der Waals surface area contributed by atoms with E-state index in [0.717, 1.165) is 5.01 Å². The molecule has 1 saturated heterocycles. The minimum absolute atomic E-state index is 0.0559. The number of aryl methyl sites for hydroxylation is 3. The van der Waals surface area contributed by atoms with Crippen LogP contribution in [0.2, 0.25) is 0 Å². The second-order valence-corrected chi connectivity index (χ2v) is 8.80. The van der Waals surface area contributed by atoms with Crippen LogP contribution in [-0.4, -0.2) is 64.2 Å². The lowest BCUT2D eigenvalue weighted by molar-refractivity contribution is 0.0702. The zero-order valence-corrected chi connectivity index (χ0v) is 15.4. The topological polar surface area (TPSA) is 88.4 Å². The van der Waals surface area contributed by atoms with E-state index < -0.39 is 10.0 Å². The highest BCUT2D eigenvalue weighted by atomic mass is 32.2. The molecule has 0 aromatic carbocycles. The van der Waals surface area contributed by atoms with Crippen molar-refractivity contribution in [1.29, 1.82) is 0 Å². The van der Waals surface area contributed by atoms with Crippen LogP contribution in [0.5, 0.6) is 0 Å². The Hall–Kier alpha value is -1.78. The first-order valence-corrected chi connectivity index (χ1v) is 9.76. The largest absolute Gasteiger partial charge is 0.337 e. The number of hydrogen-bond donors (Lipinski definition) is 0. The van der Waals surface area contributed by atoms with Crippen LogP contribution in [-0.2, 0) is 17.1 Å². The predicted molar refractivity (Wildman–Crippen MR) is 89.5 cm³/mol. The number of piperazine rings is 1. The molecule has 2 aromatic heterocycles. The summed E-state index contributed by atoms with van der Waals surface area (Å²) in [6.45, 7) is 4.86. The van der Waals surface area contributed by atoms with Gasteiger partial charge in [-0.25, -0.2) is 18.4 Å². The van der Waals surface area contributed by atoms with E-state index in [-0.39, 0.29) is 24.0 Å². The number of carbonyl (C=O) groups excluding carboxylic acids is 1. The van der Waals surface area contributed by atoms with E-state index in [4.69, 9.17) is 0 Å². The molecule has 0 unspecified atom stereocenters. The van der Waals surface area contributed by atoms with E-state index in [9.17, 15) is 13.2 Å². The summed E-state index contributed by atoms with van der Waals surface area (Å²) in [5.41, 5.74) is 0. The lowest BCUT2D eigenvalue weighted by Gasteiger charge is -2.33. The number of aromatic nitrogens is 3. The lowest BCUT2D eigenvalue weighted by atomic mass is 10.3. The monoisotopic (exact) mass is 369 g/mol. The van der Waals surface area contributed by atoms with E-state index >= 15 is 0 Å². The second-order valence-electron chi connectivity index (χ2n) is 5.68. The van der Waals surface area contributed by atoms with Crippen molar-refractivity contribution in [2.45, 2.75) is 18.9 Å². The molecule has 24 heavy (non-hydrogen) atoms. The summed E-state index contributed by atoms with van der Waals surface area (Å²) >= 11 is 1.35. The van der Waals surface area contributed by atoms with Gasteiger partial charge in [0.1, 0.15) is 10.7 Å². The summed E-state index contributed by atoms with van der Waals surface area (Å²) in [5, 5.41) is 0.894.